The summed E-state index contributed by atoms with van der Waals surface area (Å²) in [5, 5.41) is 11.4. The van der Waals surface area contributed by atoms with Gasteiger partial charge in [-0.2, -0.15) is 0 Å². The van der Waals surface area contributed by atoms with Crippen LogP contribution in [-0.4, -0.2) is 31.3 Å². The summed E-state index contributed by atoms with van der Waals surface area (Å²) in [5.74, 6) is 1.20. The topological polar surface area (TPSA) is 58.6 Å². The van der Waals surface area contributed by atoms with Gasteiger partial charge in [0.1, 0.15) is 5.75 Å². The van der Waals surface area contributed by atoms with Gasteiger partial charge in [0.2, 0.25) is 5.91 Å². The predicted octanol–water partition coefficient (Wildman–Crippen LogP) is 1.86. The van der Waals surface area contributed by atoms with E-state index in [4.69, 9.17) is 9.84 Å². The van der Waals surface area contributed by atoms with Crippen molar-refractivity contribution in [3.8, 4) is 5.75 Å². The lowest BCUT2D eigenvalue weighted by atomic mass is 10.00. The minimum atomic E-state index is -0.125. The van der Waals surface area contributed by atoms with E-state index in [9.17, 15) is 4.79 Å². The molecule has 0 aromatic heterocycles. The highest BCUT2D eigenvalue weighted by atomic mass is 16.5. The summed E-state index contributed by atoms with van der Waals surface area (Å²) < 4.78 is 5.39. The van der Waals surface area contributed by atoms with E-state index < -0.39 is 0 Å². The molecule has 0 unspecified atom stereocenters. The molecule has 0 aliphatic heterocycles. The molecule has 1 aromatic carbocycles. The van der Waals surface area contributed by atoms with E-state index in [1.165, 1.54) is 5.56 Å². The molecule has 1 rings (SSSR count). The van der Waals surface area contributed by atoms with Gasteiger partial charge in [0.25, 0.3) is 0 Å². The van der Waals surface area contributed by atoms with E-state index in [1.807, 2.05) is 6.07 Å². The van der Waals surface area contributed by atoms with Gasteiger partial charge in [-0.1, -0.05) is 26.0 Å². The highest BCUT2D eigenvalue weighted by Crippen LogP contribution is 2.24. The maximum atomic E-state index is 11.2. The smallest absolute Gasteiger partial charge is 0.222 e. The molecule has 0 radical (unpaired) electrons. The Morgan fingerprint density at radius 2 is 2.16 bits per heavy atom. The van der Waals surface area contributed by atoms with Crippen LogP contribution in [0.2, 0.25) is 0 Å². The van der Waals surface area contributed by atoms with Crippen LogP contribution in [0.5, 0.6) is 5.75 Å². The Morgan fingerprint density at radius 3 is 2.74 bits per heavy atom. The number of benzene rings is 1. The molecule has 0 heterocycles. The lowest BCUT2D eigenvalue weighted by molar-refractivity contribution is -0.121. The molecule has 0 bridgehead atoms. The fourth-order valence-electron chi connectivity index (χ4n) is 1.85. The number of aliphatic hydroxyl groups is 1. The largest absolute Gasteiger partial charge is 0.496 e. The number of aliphatic hydroxyl groups excluding tert-OH is 1. The van der Waals surface area contributed by atoms with E-state index in [0.29, 0.717) is 12.5 Å². The number of nitrogens with one attached hydrogen (secondary N) is 1. The fourth-order valence-corrected chi connectivity index (χ4v) is 1.85. The van der Waals surface area contributed by atoms with Crippen LogP contribution in [0.25, 0.3) is 0 Å². The summed E-state index contributed by atoms with van der Waals surface area (Å²) >= 11 is 0. The summed E-state index contributed by atoms with van der Waals surface area (Å²) in [6, 6.07) is 6.19. The summed E-state index contributed by atoms with van der Waals surface area (Å²) in [4.78, 5) is 11.2. The molecule has 0 spiro atoms. The molecule has 4 nitrogen and oxygen atoms in total. The first-order valence-electron chi connectivity index (χ1n) is 6.62. The molecule has 0 saturated heterocycles. The van der Waals surface area contributed by atoms with Crippen LogP contribution in [0.15, 0.2) is 18.2 Å². The van der Waals surface area contributed by atoms with Crippen LogP contribution >= 0.6 is 0 Å². The number of methoxy groups -OCH3 is 1. The van der Waals surface area contributed by atoms with Crippen LogP contribution in [0.4, 0.5) is 0 Å². The second kappa shape index (κ2) is 7.79. The van der Waals surface area contributed by atoms with Crippen molar-refractivity contribution in [3.05, 3.63) is 29.3 Å². The fraction of sp³-hybridized carbons (Fsp3) is 0.533. The summed E-state index contributed by atoms with van der Waals surface area (Å²) in [5.41, 5.74) is 2.32. The van der Waals surface area contributed by atoms with E-state index in [0.717, 1.165) is 17.7 Å². The SMILES string of the molecule is COc1cc(C(C)C)ccc1CCNC(=O)CCO. The van der Waals surface area contributed by atoms with Crippen LogP contribution in [0, 0.1) is 0 Å². The van der Waals surface area contributed by atoms with Crippen molar-refractivity contribution in [1.82, 2.24) is 5.32 Å². The molecule has 106 valence electrons. The van der Waals surface area contributed by atoms with Gasteiger partial charge in [-0.25, -0.2) is 0 Å². The molecule has 0 fully saturated rings. The van der Waals surface area contributed by atoms with Gasteiger partial charge >= 0.3 is 0 Å². The molecule has 0 aliphatic rings. The molecule has 0 aliphatic carbocycles. The number of hydrogen-bond acceptors (Lipinski definition) is 3. The zero-order valence-electron chi connectivity index (χ0n) is 11.9. The van der Waals surface area contributed by atoms with Crippen LogP contribution in [0.3, 0.4) is 0 Å². The summed E-state index contributed by atoms with van der Waals surface area (Å²) in [7, 11) is 1.66. The van der Waals surface area contributed by atoms with Crippen molar-refractivity contribution in [2.24, 2.45) is 0 Å². The minimum absolute atomic E-state index is 0.113. The maximum absolute atomic E-state index is 11.2. The van der Waals surface area contributed by atoms with Crippen LogP contribution < -0.4 is 10.1 Å². The Balaban J connectivity index is 2.60. The molecular formula is C15H23NO3. The van der Waals surface area contributed by atoms with E-state index in [2.05, 4.69) is 31.3 Å². The van der Waals surface area contributed by atoms with Gasteiger partial charge < -0.3 is 15.2 Å². The van der Waals surface area contributed by atoms with Crippen molar-refractivity contribution < 1.29 is 14.6 Å². The third-order valence-corrected chi connectivity index (χ3v) is 3.03. The quantitative estimate of drug-likeness (QED) is 0.791. The monoisotopic (exact) mass is 265 g/mol. The van der Waals surface area contributed by atoms with Gasteiger partial charge in [0.05, 0.1) is 13.7 Å². The summed E-state index contributed by atoms with van der Waals surface area (Å²) in [6.45, 7) is 4.72. The standard InChI is InChI=1S/C15H23NO3/c1-11(2)13-5-4-12(14(10-13)19-3)6-8-16-15(18)7-9-17/h4-5,10-11,17H,6-9H2,1-3H3,(H,16,18). The highest BCUT2D eigenvalue weighted by molar-refractivity contribution is 5.75. The summed E-state index contributed by atoms with van der Waals surface area (Å²) in [6.07, 6.45) is 0.877. The molecule has 1 amide bonds. The Bertz CT molecular complexity index is 416. The van der Waals surface area contributed by atoms with Crippen molar-refractivity contribution in [1.29, 1.82) is 0 Å². The average molecular weight is 265 g/mol. The average Bonchev–Trinajstić information content (AvgIpc) is 2.39. The van der Waals surface area contributed by atoms with Crippen molar-refractivity contribution >= 4 is 5.91 Å². The zero-order chi connectivity index (χ0) is 14.3. The second-order valence-electron chi connectivity index (χ2n) is 4.80. The first kappa shape index (κ1) is 15.5. The van der Waals surface area contributed by atoms with E-state index >= 15 is 0 Å². The Morgan fingerprint density at radius 1 is 1.42 bits per heavy atom. The number of rotatable bonds is 7. The van der Waals surface area contributed by atoms with E-state index in [1.54, 1.807) is 7.11 Å². The molecule has 19 heavy (non-hydrogen) atoms. The second-order valence-corrected chi connectivity index (χ2v) is 4.80. The molecular weight excluding hydrogens is 242 g/mol. The lowest BCUT2D eigenvalue weighted by Crippen LogP contribution is -2.26. The van der Waals surface area contributed by atoms with Crippen molar-refractivity contribution in [3.63, 3.8) is 0 Å². The third kappa shape index (κ3) is 4.91. The Labute approximate surface area is 114 Å². The number of ether oxygens (including phenoxy) is 1. The van der Waals surface area contributed by atoms with Crippen molar-refractivity contribution in [2.75, 3.05) is 20.3 Å². The van der Waals surface area contributed by atoms with Gasteiger partial charge in [-0.3, -0.25) is 4.79 Å². The first-order valence-corrected chi connectivity index (χ1v) is 6.62. The highest BCUT2D eigenvalue weighted by Gasteiger charge is 2.07. The Kier molecular flexibility index (Phi) is 6.36. The molecule has 1 aromatic rings. The normalized spacial score (nSPS) is 10.6. The third-order valence-electron chi connectivity index (χ3n) is 3.03. The van der Waals surface area contributed by atoms with Crippen LogP contribution in [-0.2, 0) is 11.2 Å². The van der Waals surface area contributed by atoms with Crippen LogP contribution in [0.1, 0.15) is 37.3 Å². The number of carbonyl (C=O) groups is 1. The first-order chi connectivity index (χ1) is 9.08. The predicted molar refractivity (Wildman–Crippen MR) is 75.5 cm³/mol. The molecule has 2 N–H and O–H groups in total. The number of amides is 1. The van der Waals surface area contributed by atoms with Gasteiger partial charge in [0, 0.05) is 13.0 Å². The molecule has 0 saturated carbocycles. The van der Waals surface area contributed by atoms with Crippen molar-refractivity contribution in [2.45, 2.75) is 32.6 Å². The van der Waals surface area contributed by atoms with Gasteiger partial charge in [0.15, 0.2) is 0 Å². The number of hydrogen-bond donors (Lipinski definition) is 2. The Hall–Kier alpha value is -1.55. The lowest BCUT2D eigenvalue weighted by Gasteiger charge is -2.13. The minimum Gasteiger partial charge on any atom is -0.496 e. The number of carbonyl (C=O) groups excluding carboxylic acids is 1. The van der Waals surface area contributed by atoms with E-state index in [-0.39, 0.29) is 18.9 Å². The van der Waals surface area contributed by atoms with Gasteiger partial charge in [-0.15, -0.1) is 0 Å². The van der Waals surface area contributed by atoms with Gasteiger partial charge in [-0.05, 0) is 29.5 Å². The zero-order valence-corrected chi connectivity index (χ0v) is 11.9. The molecule has 0 atom stereocenters. The molecule has 4 heteroatoms. The maximum Gasteiger partial charge on any atom is 0.222 e.